The maximum absolute atomic E-state index is 14.0. The quantitative estimate of drug-likeness (QED) is 0.489. The molecule has 1 aromatic carbocycles. The Kier molecular flexibility index (Phi) is 7.53. The third-order valence-corrected chi connectivity index (χ3v) is 5.33. The van der Waals surface area contributed by atoms with E-state index >= 15 is 0 Å². The van der Waals surface area contributed by atoms with Crippen molar-refractivity contribution in [1.29, 1.82) is 0 Å². The van der Waals surface area contributed by atoms with Gasteiger partial charge in [-0.1, -0.05) is 11.6 Å². The van der Waals surface area contributed by atoms with Crippen molar-refractivity contribution in [3.63, 3.8) is 0 Å². The highest BCUT2D eigenvalue weighted by Crippen LogP contribution is 2.28. The highest BCUT2D eigenvalue weighted by molar-refractivity contribution is 7.85. The van der Waals surface area contributed by atoms with E-state index in [1.54, 1.807) is 0 Å². The lowest BCUT2D eigenvalue weighted by molar-refractivity contribution is -0.105. The van der Waals surface area contributed by atoms with Gasteiger partial charge in [0.2, 0.25) is 0 Å². The van der Waals surface area contributed by atoms with E-state index in [0.29, 0.717) is 0 Å². The van der Waals surface area contributed by atoms with Gasteiger partial charge < -0.3 is 10.1 Å². The molecule has 1 heterocycles. The Hall–Kier alpha value is -2.01. The molecule has 2 rings (SSSR count). The summed E-state index contributed by atoms with van der Waals surface area (Å²) < 4.78 is 81.2. The number of anilines is 1. The van der Waals surface area contributed by atoms with Crippen LogP contribution in [-0.2, 0) is 17.5 Å². The molecule has 1 aromatic heterocycles. The predicted octanol–water partition coefficient (Wildman–Crippen LogP) is 4.21. The zero-order chi connectivity index (χ0) is 20.9. The number of aromatic nitrogens is 2. The number of nitrogens with one attached hydrogen (secondary N) is 1. The van der Waals surface area contributed by atoms with Gasteiger partial charge in [0.25, 0.3) is 0 Å². The third-order valence-electron chi connectivity index (χ3n) is 3.41. The van der Waals surface area contributed by atoms with E-state index in [1.807, 2.05) is 0 Å². The summed E-state index contributed by atoms with van der Waals surface area (Å²) in [5, 5.41) is 2.75. The highest BCUT2D eigenvalue weighted by atomic mass is 35.5. The normalized spacial score (nSPS) is 12.7. The van der Waals surface area contributed by atoms with Gasteiger partial charge in [-0.25, -0.2) is 18.7 Å². The maximum Gasteiger partial charge on any atom is 0.400 e. The van der Waals surface area contributed by atoms with Crippen LogP contribution in [0.25, 0.3) is 0 Å². The van der Waals surface area contributed by atoms with E-state index in [9.17, 15) is 26.2 Å². The van der Waals surface area contributed by atoms with E-state index in [2.05, 4.69) is 15.3 Å². The van der Waals surface area contributed by atoms with E-state index < -0.39 is 35.2 Å². The van der Waals surface area contributed by atoms with Gasteiger partial charge in [0.15, 0.2) is 11.6 Å². The second kappa shape index (κ2) is 9.46. The monoisotopic (exact) mass is 443 g/mol. The van der Waals surface area contributed by atoms with Gasteiger partial charge >= 0.3 is 6.18 Å². The van der Waals surface area contributed by atoms with Gasteiger partial charge in [0.05, 0.1) is 23.0 Å². The number of aryl methyl sites for hydroxylation is 1. The summed E-state index contributed by atoms with van der Waals surface area (Å²) in [7, 11) is -2.38. The molecule has 1 atom stereocenters. The standard InChI is InChI=1S/C16H15ClF5N3O2S/c1-9-4-10(19)12(5-13(9)28(26)7-16(20,21)22)27-3-2-23-15-14(17)11(6-18)24-8-25-15/h4-5,8H,2-3,6-7H2,1H3,(H,23,24,25). The Labute approximate surface area is 164 Å². The largest absolute Gasteiger partial charge is 0.489 e. The molecule has 0 bridgehead atoms. The fourth-order valence-electron chi connectivity index (χ4n) is 2.17. The summed E-state index contributed by atoms with van der Waals surface area (Å²) in [6, 6.07) is 1.95. The molecule has 1 unspecified atom stereocenters. The van der Waals surface area contributed by atoms with Crippen LogP contribution in [0.5, 0.6) is 5.75 Å². The lowest BCUT2D eigenvalue weighted by Gasteiger charge is -2.13. The molecule has 0 saturated heterocycles. The first-order valence-electron chi connectivity index (χ1n) is 7.79. The number of halogens is 6. The minimum absolute atomic E-state index is 0.00134. The van der Waals surface area contributed by atoms with Crippen LogP contribution < -0.4 is 10.1 Å². The Balaban J connectivity index is 2.02. The van der Waals surface area contributed by atoms with Crippen molar-refractivity contribution in [3.05, 3.63) is 40.6 Å². The van der Waals surface area contributed by atoms with Crippen LogP contribution in [0.3, 0.4) is 0 Å². The average molecular weight is 444 g/mol. The van der Waals surface area contributed by atoms with Crippen molar-refractivity contribution in [2.45, 2.75) is 24.7 Å². The SMILES string of the molecule is Cc1cc(F)c(OCCNc2ncnc(CF)c2Cl)cc1S(=O)CC(F)(F)F. The molecule has 0 aliphatic carbocycles. The number of rotatable bonds is 8. The van der Waals surface area contributed by atoms with Gasteiger partial charge in [0, 0.05) is 4.90 Å². The topological polar surface area (TPSA) is 64.1 Å². The van der Waals surface area contributed by atoms with E-state index in [1.165, 1.54) is 6.92 Å². The average Bonchev–Trinajstić information content (AvgIpc) is 2.59. The van der Waals surface area contributed by atoms with Crippen LogP contribution in [0.1, 0.15) is 11.3 Å². The summed E-state index contributed by atoms with van der Waals surface area (Å²) in [5.41, 5.74) is 0.124. The van der Waals surface area contributed by atoms with E-state index in [0.717, 1.165) is 18.5 Å². The Bertz CT molecular complexity index is 867. The maximum atomic E-state index is 14.0. The van der Waals surface area contributed by atoms with Gasteiger partial charge in [-0.3, -0.25) is 4.21 Å². The predicted molar refractivity (Wildman–Crippen MR) is 94.3 cm³/mol. The molecule has 0 aliphatic heterocycles. The molecule has 1 N–H and O–H groups in total. The molecule has 2 aromatic rings. The van der Waals surface area contributed by atoms with Crippen LogP contribution in [0, 0.1) is 12.7 Å². The molecule has 0 radical (unpaired) electrons. The van der Waals surface area contributed by atoms with Crippen molar-refractivity contribution in [3.8, 4) is 5.75 Å². The van der Waals surface area contributed by atoms with E-state index in [4.69, 9.17) is 16.3 Å². The molecule has 0 spiro atoms. The summed E-state index contributed by atoms with van der Waals surface area (Å²) in [6.07, 6.45) is -3.50. The fourth-order valence-corrected chi connectivity index (χ4v) is 3.49. The zero-order valence-electron chi connectivity index (χ0n) is 14.4. The first-order chi connectivity index (χ1) is 13.1. The summed E-state index contributed by atoms with van der Waals surface area (Å²) in [6.45, 7) is 0.448. The van der Waals surface area contributed by atoms with Crippen molar-refractivity contribution in [2.24, 2.45) is 0 Å². The first-order valence-corrected chi connectivity index (χ1v) is 9.49. The van der Waals surface area contributed by atoms with Crippen molar-refractivity contribution in [2.75, 3.05) is 24.2 Å². The molecule has 0 saturated carbocycles. The number of hydrogen-bond donors (Lipinski definition) is 1. The molecule has 0 fully saturated rings. The lowest BCUT2D eigenvalue weighted by Crippen LogP contribution is -2.19. The Morgan fingerprint density at radius 3 is 2.64 bits per heavy atom. The van der Waals surface area contributed by atoms with Crippen LogP contribution >= 0.6 is 11.6 Å². The minimum Gasteiger partial charge on any atom is -0.489 e. The zero-order valence-corrected chi connectivity index (χ0v) is 16.0. The number of benzene rings is 1. The molecule has 12 heteroatoms. The van der Waals surface area contributed by atoms with Crippen LogP contribution in [0.15, 0.2) is 23.4 Å². The van der Waals surface area contributed by atoms with Crippen molar-refractivity contribution in [1.82, 2.24) is 9.97 Å². The Morgan fingerprint density at radius 1 is 1.29 bits per heavy atom. The second-order valence-corrected chi connectivity index (χ2v) is 7.34. The molecular formula is C16H15ClF5N3O2S. The van der Waals surface area contributed by atoms with Gasteiger partial charge in [0.1, 0.15) is 36.2 Å². The van der Waals surface area contributed by atoms with Gasteiger partial charge in [-0.05, 0) is 24.6 Å². The fraction of sp³-hybridized carbons (Fsp3) is 0.375. The third kappa shape index (κ3) is 5.99. The molecule has 0 amide bonds. The number of hydrogen-bond acceptors (Lipinski definition) is 5. The molecule has 28 heavy (non-hydrogen) atoms. The first kappa shape index (κ1) is 22.3. The summed E-state index contributed by atoms with van der Waals surface area (Å²) in [5.74, 6) is -2.52. The van der Waals surface area contributed by atoms with Gasteiger partial charge in [-0.15, -0.1) is 0 Å². The van der Waals surface area contributed by atoms with Crippen molar-refractivity contribution >= 4 is 28.2 Å². The minimum atomic E-state index is -4.62. The van der Waals surface area contributed by atoms with Crippen LogP contribution in [-0.4, -0.2) is 39.3 Å². The van der Waals surface area contributed by atoms with Crippen molar-refractivity contribution < 1.29 is 30.9 Å². The lowest BCUT2D eigenvalue weighted by atomic mass is 10.2. The Morgan fingerprint density at radius 2 is 2.00 bits per heavy atom. The van der Waals surface area contributed by atoms with Crippen LogP contribution in [0.4, 0.5) is 27.8 Å². The molecule has 5 nitrogen and oxygen atoms in total. The summed E-state index contributed by atoms with van der Waals surface area (Å²) in [4.78, 5) is 7.33. The molecule has 0 aliphatic rings. The highest BCUT2D eigenvalue weighted by Gasteiger charge is 2.32. The van der Waals surface area contributed by atoms with Gasteiger partial charge in [-0.2, -0.15) is 13.2 Å². The molecular weight excluding hydrogens is 429 g/mol. The smallest absolute Gasteiger partial charge is 0.400 e. The number of ether oxygens (including phenoxy) is 1. The van der Waals surface area contributed by atoms with Crippen LogP contribution in [0.2, 0.25) is 5.02 Å². The number of nitrogens with zero attached hydrogens (tertiary/aromatic N) is 2. The second-order valence-electron chi connectivity index (χ2n) is 5.54. The number of alkyl halides is 4. The molecule has 154 valence electrons. The van der Waals surface area contributed by atoms with E-state index in [-0.39, 0.29) is 45.9 Å². The summed E-state index contributed by atoms with van der Waals surface area (Å²) >= 11 is 5.90.